The Bertz CT molecular complexity index is 449. The van der Waals surface area contributed by atoms with Gasteiger partial charge in [0.1, 0.15) is 0 Å². The first-order chi connectivity index (χ1) is 7.54. The fraction of sp³-hybridized carbons (Fsp3) is 0. The van der Waals surface area contributed by atoms with Crippen LogP contribution in [0.15, 0.2) is 18.2 Å². The maximum atomic E-state index is 10.8. The van der Waals surface area contributed by atoms with Crippen molar-refractivity contribution in [3.05, 3.63) is 42.0 Å². The molecule has 0 bridgehead atoms. The molecule has 16 heavy (non-hydrogen) atoms. The van der Waals surface area contributed by atoms with Crippen LogP contribution in [0.4, 0.5) is 0 Å². The van der Waals surface area contributed by atoms with Crippen molar-refractivity contribution in [3.63, 3.8) is 0 Å². The Morgan fingerprint density at radius 1 is 1.12 bits per heavy atom. The third-order valence-corrected chi connectivity index (χ3v) is 2.68. The lowest BCUT2D eigenvalue weighted by Crippen LogP contribution is -2.10. The van der Waals surface area contributed by atoms with Crippen molar-refractivity contribution in [1.82, 2.24) is 0 Å². The molecule has 0 aliphatic rings. The quantitative estimate of drug-likeness (QED) is 0.449. The molecule has 0 unspecified atom stereocenters. The van der Waals surface area contributed by atoms with Gasteiger partial charge >= 0.3 is 0 Å². The lowest BCUT2D eigenvalue weighted by molar-refractivity contribution is -0.721. The van der Waals surface area contributed by atoms with Crippen molar-refractivity contribution < 1.29 is 22.9 Å². The van der Waals surface area contributed by atoms with Crippen LogP contribution in [-0.2, 0) is 3.07 Å². The maximum absolute atomic E-state index is 10.8. The topological polar surface area (TPSA) is 122 Å². The first-order valence-electron chi connectivity index (χ1n) is 3.59. The van der Waals surface area contributed by atoms with Gasteiger partial charge in [-0.05, 0) is 12.1 Å². The third-order valence-electron chi connectivity index (χ3n) is 1.35. The summed E-state index contributed by atoms with van der Waals surface area (Å²) in [6.07, 6.45) is 0. The van der Waals surface area contributed by atoms with Gasteiger partial charge in [-0.2, -0.15) is 0 Å². The Morgan fingerprint density at radius 2 is 1.75 bits per heavy atom. The van der Waals surface area contributed by atoms with Crippen LogP contribution in [0.5, 0.6) is 11.5 Å². The predicted molar refractivity (Wildman–Crippen MR) is 55.1 cm³/mol. The van der Waals surface area contributed by atoms with E-state index in [1.807, 2.05) is 0 Å². The van der Waals surface area contributed by atoms with Crippen LogP contribution in [0.25, 0.3) is 0 Å². The molecule has 1 aromatic carbocycles. The molecule has 0 aliphatic carbocycles. The molecular weight excluding hydrogens is 339 g/mol. The summed E-state index contributed by atoms with van der Waals surface area (Å²) in [5.41, 5.74) is 0. The fourth-order valence-electron chi connectivity index (χ4n) is 0.865. The number of nitrogens with zero attached hydrogens (tertiary/aromatic N) is 2. The number of halogens is 1. The van der Waals surface area contributed by atoms with Gasteiger partial charge in [0.25, 0.3) is 10.2 Å². The molecule has 0 N–H and O–H groups in total. The number of benzene rings is 1. The summed E-state index contributed by atoms with van der Waals surface area (Å²) >= 11 is -1.77. The largest absolute Gasteiger partial charge is 0.299 e. The normalized spacial score (nSPS) is 9.50. The molecule has 0 saturated heterocycles. The van der Waals surface area contributed by atoms with Crippen LogP contribution < -0.4 is 9.68 Å². The van der Waals surface area contributed by atoms with Crippen molar-refractivity contribution in [2.45, 2.75) is 0 Å². The van der Waals surface area contributed by atoms with E-state index in [0.29, 0.717) is 0 Å². The van der Waals surface area contributed by atoms with E-state index in [2.05, 4.69) is 9.68 Å². The minimum Gasteiger partial charge on any atom is -0.274 e. The highest BCUT2D eigenvalue weighted by atomic mass is 127. The summed E-state index contributed by atoms with van der Waals surface area (Å²) in [5.74, 6) is -0.971. The minimum absolute atomic E-state index is 0.00912. The van der Waals surface area contributed by atoms with Gasteiger partial charge in [-0.1, -0.05) is 6.07 Å². The van der Waals surface area contributed by atoms with Crippen LogP contribution in [0.3, 0.4) is 0 Å². The van der Waals surface area contributed by atoms with Gasteiger partial charge in [-0.3, -0.25) is 12.7 Å². The summed E-state index contributed by atoms with van der Waals surface area (Å²) in [6.45, 7) is 0. The average molecular weight is 342 g/mol. The highest BCUT2D eigenvalue weighted by Crippen LogP contribution is 2.34. The van der Waals surface area contributed by atoms with Gasteiger partial charge in [-0.15, -0.1) is 20.2 Å². The second kappa shape index (κ2) is 5.29. The lowest BCUT2D eigenvalue weighted by atomic mass is 10.3. The highest BCUT2D eigenvalue weighted by molar-refractivity contribution is 14.1. The van der Waals surface area contributed by atoms with E-state index in [1.54, 1.807) is 0 Å². The summed E-state index contributed by atoms with van der Waals surface area (Å²) in [6, 6.07) is 3.72. The molecule has 86 valence electrons. The number of para-hydroxylation sites is 1. The van der Waals surface area contributed by atoms with Crippen LogP contribution in [0, 0.1) is 23.8 Å². The molecular formula is C6H3IN2O7. The van der Waals surface area contributed by atoms with E-state index in [9.17, 15) is 23.3 Å². The molecule has 0 fully saturated rings. The van der Waals surface area contributed by atoms with Crippen LogP contribution in [-0.4, -0.2) is 10.2 Å². The zero-order valence-corrected chi connectivity index (χ0v) is 9.52. The van der Waals surface area contributed by atoms with E-state index >= 15 is 0 Å². The summed E-state index contributed by atoms with van der Waals surface area (Å²) < 4.78 is 10.8. The van der Waals surface area contributed by atoms with Gasteiger partial charge in [0.15, 0.2) is 32.7 Å². The number of rotatable bonds is 5. The molecule has 0 radical (unpaired) electrons. The second-order valence-electron chi connectivity index (χ2n) is 2.27. The Labute approximate surface area is 97.8 Å². The van der Waals surface area contributed by atoms with Gasteiger partial charge in [0.2, 0.25) is 0 Å². The first-order valence-corrected chi connectivity index (χ1v) is 5.55. The van der Waals surface area contributed by atoms with E-state index in [4.69, 9.17) is 0 Å². The molecule has 0 heterocycles. The van der Waals surface area contributed by atoms with Gasteiger partial charge in [0.05, 0.1) is 3.57 Å². The van der Waals surface area contributed by atoms with E-state index in [0.717, 1.165) is 6.07 Å². The monoisotopic (exact) mass is 342 g/mol. The van der Waals surface area contributed by atoms with Gasteiger partial charge in [-0.25, -0.2) is 0 Å². The molecule has 9 nitrogen and oxygen atoms in total. The molecule has 0 aromatic heterocycles. The smallest absolute Gasteiger partial charge is 0.274 e. The number of hydrogen-bond donors (Lipinski definition) is 0. The lowest BCUT2D eigenvalue weighted by Gasteiger charge is -2.06. The zero-order valence-electron chi connectivity index (χ0n) is 7.36. The van der Waals surface area contributed by atoms with Crippen molar-refractivity contribution in [2.75, 3.05) is 0 Å². The number of hydrogen-bond acceptors (Lipinski definition) is 7. The third kappa shape index (κ3) is 3.08. The Balaban J connectivity index is 3.19. The predicted octanol–water partition coefficient (Wildman–Crippen LogP) is 1.31. The van der Waals surface area contributed by atoms with Crippen molar-refractivity contribution in [2.24, 2.45) is 0 Å². The Kier molecular flexibility index (Phi) is 4.04. The molecule has 0 atom stereocenters. The molecule has 1 aromatic rings. The SMILES string of the molecule is O=Ic1cccc(O[N+](=O)[O-])c1O[N+](=O)[O-]. The van der Waals surface area contributed by atoms with E-state index in [1.165, 1.54) is 12.1 Å². The van der Waals surface area contributed by atoms with Crippen molar-refractivity contribution in [3.8, 4) is 11.5 Å². The Hall–Kier alpha value is -1.85. The van der Waals surface area contributed by atoms with Crippen LogP contribution in [0.1, 0.15) is 0 Å². The summed E-state index contributed by atoms with van der Waals surface area (Å²) in [4.78, 5) is 28.4. The molecule has 0 amide bonds. The van der Waals surface area contributed by atoms with E-state index in [-0.39, 0.29) is 3.57 Å². The van der Waals surface area contributed by atoms with E-state index < -0.39 is 42.9 Å². The summed E-state index contributed by atoms with van der Waals surface area (Å²) in [5, 5.41) is 17.9. The standard InChI is InChI=1S/C6H3IN2O7/c10-7-4-2-1-3-5(15-8(11)12)6(4)16-9(13)14/h1-3H. The minimum atomic E-state index is -1.77. The van der Waals surface area contributed by atoms with Gasteiger partial charge in [0, 0.05) is 0 Å². The average Bonchev–Trinajstić information content (AvgIpc) is 2.19. The zero-order chi connectivity index (χ0) is 12.1. The van der Waals surface area contributed by atoms with Gasteiger partial charge < -0.3 is 0 Å². The first kappa shape index (κ1) is 12.2. The fourth-order valence-corrected chi connectivity index (χ4v) is 1.78. The van der Waals surface area contributed by atoms with Crippen molar-refractivity contribution >= 4 is 21.2 Å². The molecule has 1 rings (SSSR count). The van der Waals surface area contributed by atoms with Crippen molar-refractivity contribution in [1.29, 1.82) is 0 Å². The molecule has 0 saturated carbocycles. The van der Waals surface area contributed by atoms with Crippen LogP contribution >= 0.6 is 21.2 Å². The maximum Gasteiger partial charge on any atom is 0.299 e. The summed E-state index contributed by atoms with van der Waals surface area (Å²) in [7, 11) is 0. The molecule has 0 spiro atoms. The second-order valence-corrected chi connectivity index (χ2v) is 3.88. The molecule has 0 aliphatic heterocycles. The molecule has 10 heteroatoms. The highest BCUT2D eigenvalue weighted by Gasteiger charge is 2.15. The van der Waals surface area contributed by atoms with Crippen LogP contribution in [0.2, 0.25) is 0 Å². The Morgan fingerprint density at radius 3 is 2.25 bits per heavy atom.